The Morgan fingerprint density at radius 3 is 2.62 bits per heavy atom. The van der Waals surface area contributed by atoms with E-state index in [1.807, 2.05) is 6.07 Å². The molecular weight excluding hydrogens is 280 g/mol. The lowest BCUT2D eigenvalue weighted by molar-refractivity contribution is 0.568. The Bertz CT molecular complexity index is 455. The third-order valence-electron chi connectivity index (χ3n) is 4.29. The summed E-state index contributed by atoms with van der Waals surface area (Å²) >= 11 is 6.21. The smallest absolute Gasteiger partial charge is 0.0410 e. The maximum atomic E-state index is 6.21. The summed E-state index contributed by atoms with van der Waals surface area (Å²) in [4.78, 5) is 2.59. The van der Waals surface area contributed by atoms with Crippen molar-refractivity contribution >= 4 is 17.3 Å². The van der Waals surface area contributed by atoms with E-state index < -0.39 is 0 Å². The van der Waals surface area contributed by atoms with E-state index in [2.05, 4.69) is 37.8 Å². The highest BCUT2D eigenvalue weighted by molar-refractivity contribution is 6.30. The maximum Gasteiger partial charge on any atom is 0.0410 e. The van der Waals surface area contributed by atoms with Crippen LogP contribution in [0.1, 0.15) is 52.0 Å². The van der Waals surface area contributed by atoms with Gasteiger partial charge in [0.25, 0.3) is 0 Å². The molecule has 1 unspecified atom stereocenters. The maximum absolute atomic E-state index is 6.21. The zero-order chi connectivity index (χ0) is 15.4. The molecule has 1 aromatic carbocycles. The van der Waals surface area contributed by atoms with Gasteiger partial charge < -0.3 is 10.6 Å². The van der Waals surface area contributed by atoms with Crippen LogP contribution >= 0.6 is 11.6 Å². The molecule has 2 rings (SSSR count). The van der Waals surface area contributed by atoms with Crippen LogP contribution in [-0.4, -0.2) is 18.6 Å². The molecule has 118 valence electrons. The van der Waals surface area contributed by atoms with Gasteiger partial charge in [-0.05, 0) is 61.8 Å². The van der Waals surface area contributed by atoms with Crippen LogP contribution in [0.2, 0.25) is 5.02 Å². The Morgan fingerprint density at radius 2 is 2.05 bits per heavy atom. The van der Waals surface area contributed by atoms with E-state index in [-0.39, 0.29) is 6.04 Å². The lowest BCUT2D eigenvalue weighted by atomic mass is 10.0. The quantitative estimate of drug-likeness (QED) is 0.758. The van der Waals surface area contributed by atoms with Crippen LogP contribution in [0.25, 0.3) is 0 Å². The molecule has 21 heavy (non-hydrogen) atoms. The van der Waals surface area contributed by atoms with Crippen LogP contribution in [0, 0.1) is 5.92 Å². The molecule has 0 spiro atoms. The zero-order valence-corrected chi connectivity index (χ0v) is 14.4. The molecule has 1 fully saturated rings. The molecule has 1 aliphatic rings. The number of hydrogen-bond acceptors (Lipinski definition) is 2. The summed E-state index contributed by atoms with van der Waals surface area (Å²) in [7, 11) is 0. The summed E-state index contributed by atoms with van der Waals surface area (Å²) in [5, 5.41) is 0.816. The average Bonchev–Trinajstić information content (AvgIpc) is 3.25. The minimum atomic E-state index is 0.216. The second-order valence-electron chi connectivity index (χ2n) is 6.75. The first-order valence-corrected chi connectivity index (χ1v) is 8.69. The van der Waals surface area contributed by atoms with Gasteiger partial charge in [-0.1, -0.05) is 32.4 Å². The number of halogens is 1. The van der Waals surface area contributed by atoms with Gasteiger partial charge in [-0.2, -0.15) is 0 Å². The standard InChI is InChI=1S/C18H29ClN2/c1-4-16(20)12-14-11-15(19)5-8-18(14)21(17-6-7-17)10-9-13(2)3/h5,8,11,13,16-17H,4,6-7,9-10,12,20H2,1-3H3. The fraction of sp³-hybridized carbons (Fsp3) is 0.667. The van der Waals surface area contributed by atoms with Crippen LogP contribution < -0.4 is 10.6 Å². The van der Waals surface area contributed by atoms with E-state index in [4.69, 9.17) is 17.3 Å². The third-order valence-corrected chi connectivity index (χ3v) is 4.53. The van der Waals surface area contributed by atoms with E-state index in [1.165, 1.54) is 30.5 Å². The van der Waals surface area contributed by atoms with Crippen molar-refractivity contribution in [1.29, 1.82) is 0 Å². The first-order chi connectivity index (χ1) is 10.0. The van der Waals surface area contributed by atoms with Crippen molar-refractivity contribution in [3.05, 3.63) is 28.8 Å². The fourth-order valence-electron chi connectivity index (χ4n) is 2.71. The third kappa shape index (κ3) is 4.89. The van der Waals surface area contributed by atoms with Crippen molar-refractivity contribution < 1.29 is 0 Å². The summed E-state index contributed by atoms with van der Waals surface area (Å²) in [6.07, 6.45) is 5.79. The number of nitrogens with zero attached hydrogens (tertiary/aromatic N) is 1. The van der Waals surface area contributed by atoms with Crippen LogP contribution in [0.5, 0.6) is 0 Å². The van der Waals surface area contributed by atoms with Gasteiger partial charge in [0.15, 0.2) is 0 Å². The molecule has 0 amide bonds. The number of rotatable bonds is 8. The molecule has 0 saturated heterocycles. The molecule has 0 radical (unpaired) electrons. The molecule has 0 aliphatic heterocycles. The van der Waals surface area contributed by atoms with Crippen LogP contribution in [0.4, 0.5) is 5.69 Å². The zero-order valence-electron chi connectivity index (χ0n) is 13.6. The molecule has 3 heteroatoms. The molecule has 1 aliphatic carbocycles. The summed E-state index contributed by atoms with van der Waals surface area (Å²) in [5.41, 5.74) is 8.84. The number of anilines is 1. The molecular formula is C18H29ClN2. The molecule has 1 saturated carbocycles. The molecule has 1 aromatic rings. The van der Waals surface area contributed by atoms with Gasteiger partial charge in [0.05, 0.1) is 0 Å². The van der Waals surface area contributed by atoms with Crippen molar-refractivity contribution in [2.24, 2.45) is 11.7 Å². The van der Waals surface area contributed by atoms with E-state index in [9.17, 15) is 0 Å². The molecule has 0 bridgehead atoms. The van der Waals surface area contributed by atoms with Crippen molar-refractivity contribution in [3.63, 3.8) is 0 Å². The summed E-state index contributed by atoms with van der Waals surface area (Å²) in [5.74, 6) is 0.736. The molecule has 0 aromatic heterocycles. The van der Waals surface area contributed by atoms with E-state index >= 15 is 0 Å². The molecule has 2 N–H and O–H groups in total. The van der Waals surface area contributed by atoms with Crippen molar-refractivity contribution in [1.82, 2.24) is 0 Å². The summed E-state index contributed by atoms with van der Waals surface area (Å²) < 4.78 is 0. The Morgan fingerprint density at radius 1 is 1.33 bits per heavy atom. The van der Waals surface area contributed by atoms with Gasteiger partial charge in [-0.15, -0.1) is 0 Å². The molecule has 2 nitrogen and oxygen atoms in total. The van der Waals surface area contributed by atoms with Gasteiger partial charge in [0.1, 0.15) is 0 Å². The van der Waals surface area contributed by atoms with Crippen molar-refractivity contribution in [2.75, 3.05) is 11.4 Å². The predicted molar refractivity (Wildman–Crippen MR) is 93.2 cm³/mol. The highest BCUT2D eigenvalue weighted by atomic mass is 35.5. The van der Waals surface area contributed by atoms with Gasteiger partial charge in [0.2, 0.25) is 0 Å². The van der Waals surface area contributed by atoms with Gasteiger partial charge in [-0.25, -0.2) is 0 Å². The predicted octanol–water partition coefficient (Wildman–Crippen LogP) is 4.63. The van der Waals surface area contributed by atoms with E-state index in [0.717, 1.165) is 36.4 Å². The lowest BCUT2D eigenvalue weighted by Gasteiger charge is -2.29. The largest absolute Gasteiger partial charge is 0.368 e. The van der Waals surface area contributed by atoms with Gasteiger partial charge >= 0.3 is 0 Å². The normalized spacial score (nSPS) is 16.3. The summed E-state index contributed by atoms with van der Waals surface area (Å²) in [6, 6.07) is 7.26. The van der Waals surface area contributed by atoms with Crippen molar-refractivity contribution in [2.45, 2.75) is 65.0 Å². The molecule has 0 heterocycles. The first-order valence-electron chi connectivity index (χ1n) is 8.31. The summed E-state index contributed by atoms with van der Waals surface area (Å²) in [6.45, 7) is 7.87. The monoisotopic (exact) mass is 308 g/mol. The topological polar surface area (TPSA) is 29.3 Å². The van der Waals surface area contributed by atoms with Crippen LogP contribution in [0.3, 0.4) is 0 Å². The minimum absolute atomic E-state index is 0.216. The van der Waals surface area contributed by atoms with Crippen LogP contribution in [0.15, 0.2) is 18.2 Å². The van der Waals surface area contributed by atoms with Gasteiger partial charge in [0, 0.05) is 29.3 Å². The second-order valence-corrected chi connectivity index (χ2v) is 7.19. The highest BCUT2D eigenvalue weighted by Crippen LogP contribution is 2.35. The SMILES string of the molecule is CCC(N)Cc1cc(Cl)ccc1N(CCC(C)C)C1CC1. The van der Waals surface area contributed by atoms with Crippen molar-refractivity contribution in [3.8, 4) is 0 Å². The first kappa shape index (κ1) is 16.6. The Balaban J connectivity index is 2.21. The van der Waals surface area contributed by atoms with Crippen LogP contribution in [-0.2, 0) is 6.42 Å². The second kappa shape index (κ2) is 7.51. The van der Waals surface area contributed by atoms with Gasteiger partial charge in [-0.3, -0.25) is 0 Å². The van der Waals surface area contributed by atoms with E-state index in [1.54, 1.807) is 0 Å². The number of nitrogens with two attached hydrogens (primary N) is 1. The average molecular weight is 309 g/mol. The van der Waals surface area contributed by atoms with E-state index in [0.29, 0.717) is 0 Å². The Kier molecular flexibility index (Phi) is 5.95. The lowest BCUT2D eigenvalue weighted by Crippen LogP contribution is -2.30. The molecule has 1 atom stereocenters. The fourth-order valence-corrected chi connectivity index (χ4v) is 2.90. The number of hydrogen-bond donors (Lipinski definition) is 1. The minimum Gasteiger partial charge on any atom is -0.368 e. The number of benzene rings is 1. The Labute approximate surface area is 134 Å². The highest BCUT2D eigenvalue weighted by Gasteiger charge is 2.30. The Hall–Kier alpha value is -0.730.